The fraction of sp³-hybridized carbons (Fsp3) is 0.455. The van der Waals surface area contributed by atoms with Crippen LogP contribution in [0.25, 0.3) is 6.08 Å². The zero-order valence-electron chi connectivity index (χ0n) is 9.67. The SMILES string of the molecule is O=c1cc2n(c(=O)[nH]1)[C@@]1(C[C@@H](O)[C@@H](CO)O1)C(Br)=C2. The zero-order chi connectivity index (χ0) is 13.8. The summed E-state index contributed by atoms with van der Waals surface area (Å²) in [6.07, 6.45) is 0.0543. The Balaban J connectivity index is 2.20. The van der Waals surface area contributed by atoms with Crippen LogP contribution in [0.1, 0.15) is 12.1 Å². The quantitative estimate of drug-likeness (QED) is 0.617. The van der Waals surface area contributed by atoms with Gasteiger partial charge in [0.2, 0.25) is 0 Å². The number of aromatic nitrogens is 2. The molecule has 2 aliphatic heterocycles. The summed E-state index contributed by atoms with van der Waals surface area (Å²) >= 11 is 3.31. The van der Waals surface area contributed by atoms with E-state index < -0.39 is 29.2 Å². The lowest BCUT2D eigenvalue weighted by Gasteiger charge is -2.27. The van der Waals surface area contributed by atoms with Gasteiger partial charge in [-0.15, -0.1) is 0 Å². The standard InChI is InChI=1S/C11H11BrN2O5/c12-8-1-5-2-9(17)13-10(18)14(5)11(8)3-6(16)7(4-15)19-11/h1-2,6-7,15-16H,3-4H2,(H,13,17,18)/t6-,7-,11-/m1/s1. The number of ether oxygens (including phenoxy) is 1. The second kappa shape index (κ2) is 4.14. The number of halogens is 1. The Hall–Kier alpha value is -1.22. The first-order chi connectivity index (χ1) is 8.98. The second-order valence-electron chi connectivity index (χ2n) is 4.59. The first kappa shape index (κ1) is 12.8. The van der Waals surface area contributed by atoms with Crippen LogP contribution < -0.4 is 11.2 Å². The third-order valence-electron chi connectivity index (χ3n) is 3.42. The molecule has 2 aliphatic rings. The number of nitrogens with one attached hydrogen (secondary N) is 1. The average molecular weight is 331 g/mol. The van der Waals surface area contributed by atoms with Gasteiger partial charge in [-0.2, -0.15) is 0 Å². The maximum Gasteiger partial charge on any atom is 0.331 e. The van der Waals surface area contributed by atoms with Gasteiger partial charge < -0.3 is 14.9 Å². The summed E-state index contributed by atoms with van der Waals surface area (Å²) in [5.74, 6) is 0. The number of nitrogens with zero attached hydrogens (tertiary/aromatic N) is 1. The minimum Gasteiger partial charge on any atom is -0.394 e. The van der Waals surface area contributed by atoms with E-state index in [1.165, 1.54) is 10.6 Å². The van der Waals surface area contributed by atoms with Gasteiger partial charge in [0.05, 0.1) is 22.9 Å². The van der Waals surface area contributed by atoms with Crippen LogP contribution >= 0.6 is 15.9 Å². The van der Waals surface area contributed by atoms with Crippen molar-refractivity contribution in [2.24, 2.45) is 0 Å². The van der Waals surface area contributed by atoms with E-state index in [0.29, 0.717) is 10.2 Å². The topological polar surface area (TPSA) is 105 Å². The monoisotopic (exact) mass is 330 g/mol. The molecule has 0 radical (unpaired) electrons. The second-order valence-corrected chi connectivity index (χ2v) is 5.44. The van der Waals surface area contributed by atoms with Gasteiger partial charge in [-0.05, 0) is 6.08 Å². The number of hydrogen-bond acceptors (Lipinski definition) is 5. The van der Waals surface area contributed by atoms with Crippen LogP contribution in [0, 0.1) is 0 Å². The van der Waals surface area contributed by atoms with E-state index >= 15 is 0 Å². The molecule has 0 aromatic carbocycles. The molecule has 1 saturated heterocycles. The van der Waals surface area contributed by atoms with Crippen molar-refractivity contribution in [3.05, 3.63) is 37.1 Å². The minimum absolute atomic E-state index is 0.119. The van der Waals surface area contributed by atoms with Crippen LogP contribution in [0.15, 0.2) is 20.1 Å². The van der Waals surface area contributed by atoms with Crippen molar-refractivity contribution in [3.8, 4) is 0 Å². The zero-order valence-corrected chi connectivity index (χ0v) is 11.3. The maximum absolute atomic E-state index is 12.0. The van der Waals surface area contributed by atoms with Crippen molar-refractivity contribution in [2.75, 3.05) is 6.61 Å². The van der Waals surface area contributed by atoms with Crippen molar-refractivity contribution in [1.29, 1.82) is 0 Å². The van der Waals surface area contributed by atoms with Crippen LogP contribution in [0.4, 0.5) is 0 Å². The Morgan fingerprint density at radius 3 is 2.95 bits per heavy atom. The fourth-order valence-corrected chi connectivity index (χ4v) is 3.26. The lowest BCUT2D eigenvalue weighted by Crippen LogP contribution is -2.43. The molecule has 3 N–H and O–H groups in total. The van der Waals surface area contributed by atoms with E-state index in [-0.39, 0.29) is 13.0 Å². The van der Waals surface area contributed by atoms with E-state index in [9.17, 15) is 14.7 Å². The molecule has 3 rings (SSSR count). The molecule has 1 aromatic rings. The molecule has 1 spiro atoms. The predicted molar refractivity (Wildman–Crippen MR) is 68.8 cm³/mol. The van der Waals surface area contributed by atoms with Crippen LogP contribution in [-0.2, 0) is 10.5 Å². The van der Waals surface area contributed by atoms with E-state index in [2.05, 4.69) is 20.9 Å². The van der Waals surface area contributed by atoms with Crippen LogP contribution in [0.3, 0.4) is 0 Å². The number of H-pyrrole nitrogens is 1. The third-order valence-corrected chi connectivity index (χ3v) is 4.27. The minimum atomic E-state index is -1.19. The van der Waals surface area contributed by atoms with Crippen LogP contribution in [-0.4, -0.2) is 38.6 Å². The molecule has 0 saturated carbocycles. The van der Waals surface area contributed by atoms with Crippen molar-refractivity contribution >= 4 is 22.0 Å². The number of rotatable bonds is 1. The first-order valence-electron chi connectivity index (χ1n) is 5.69. The number of aliphatic hydroxyl groups excluding tert-OH is 2. The number of fused-ring (bicyclic) bond motifs is 2. The van der Waals surface area contributed by atoms with Gasteiger partial charge in [-0.25, -0.2) is 4.79 Å². The molecule has 0 unspecified atom stereocenters. The third kappa shape index (κ3) is 1.68. The molecule has 8 heteroatoms. The highest BCUT2D eigenvalue weighted by atomic mass is 79.9. The maximum atomic E-state index is 12.0. The summed E-state index contributed by atoms with van der Waals surface area (Å²) in [5.41, 5.74) is -1.91. The van der Waals surface area contributed by atoms with Gasteiger partial charge in [0.25, 0.3) is 5.56 Å². The smallest absolute Gasteiger partial charge is 0.331 e. The van der Waals surface area contributed by atoms with E-state index in [4.69, 9.17) is 9.84 Å². The number of hydrogen-bond donors (Lipinski definition) is 3. The molecule has 1 fully saturated rings. The molecule has 1 aromatic heterocycles. The van der Waals surface area contributed by atoms with Gasteiger partial charge in [0.15, 0.2) is 5.72 Å². The Labute approximate surface area is 115 Å². The van der Waals surface area contributed by atoms with E-state index in [0.717, 1.165) is 0 Å². The molecular weight excluding hydrogens is 320 g/mol. The van der Waals surface area contributed by atoms with Crippen molar-refractivity contribution < 1.29 is 14.9 Å². The Morgan fingerprint density at radius 1 is 1.58 bits per heavy atom. The highest BCUT2D eigenvalue weighted by molar-refractivity contribution is 9.11. The highest BCUT2D eigenvalue weighted by Gasteiger charge is 2.52. The van der Waals surface area contributed by atoms with Crippen molar-refractivity contribution in [2.45, 2.75) is 24.4 Å². The Kier molecular flexibility index (Phi) is 2.79. The summed E-state index contributed by atoms with van der Waals surface area (Å²) in [4.78, 5) is 25.4. The van der Waals surface area contributed by atoms with Crippen LogP contribution in [0.2, 0.25) is 0 Å². The number of aliphatic hydroxyl groups is 2. The molecule has 102 valence electrons. The molecule has 0 bridgehead atoms. The van der Waals surface area contributed by atoms with Crippen molar-refractivity contribution in [3.63, 3.8) is 0 Å². The summed E-state index contributed by atoms with van der Waals surface area (Å²) < 4.78 is 7.47. The van der Waals surface area contributed by atoms with Gasteiger partial charge in [0, 0.05) is 12.5 Å². The predicted octanol–water partition coefficient (Wildman–Crippen LogP) is -0.919. The lowest BCUT2D eigenvalue weighted by atomic mass is 10.1. The number of aromatic amines is 1. The molecule has 0 aliphatic carbocycles. The highest BCUT2D eigenvalue weighted by Crippen LogP contribution is 2.47. The molecule has 19 heavy (non-hydrogen) atoms. The van der Waals surface area contributed by atoms with E-state index in [1.54, 1.807) is 6.08 Å². The molecule has 3 heterocycles. The van der Waals surface area contributed by atoms with Crippen molar-refractivity contribution in [1.82, 2.24) is 9.55 Å². The molecule has 0 amide bonds. The van der Waals surface area contributed by atoms with Gasteiger partial charge >= 0.3 is 5.69 Å². The fourth-order valence-electron chi connectivity index (χ4n) is 2.59. The summed E-state index contributed by atoms with van der Waals surface area (Å²) in [6, 6.07) is 1.28. The average Bonchev–Trinajstić information content (AvgIpc) is 2.78. The van der Waals surface area contributed by atoms with Gasteiger partial charge in [0.1, 0.15) is 6.10 Å². The first-order valence-corrected chi connectivity index (χ1v) is 6.48. The van der Waals surface area contributed by atoms with Crippen LogP contribution in [0.5, 0.6) is 0 Å². The summed E-state index contributed by atoms with van der Waals surface area (Å²) in [6.45, 7) is -0.351. The van der Waals surface area contributed by atoms with Gasteiger partial charge in [-0.1, -0.05) is 15.9 Å². The van der Waals surface area contributed by atoms with Gasteiger partial charge in [-0.3, -0.25) is 14.3 Å². The Morgan fingerprint density at radius 2 is 2.32 bits per heavy atom. The molecular formula is C11H11BrN2O5. The van der Waals surface area contributed by atoms with E-state index in [1.807, 2.05) is 0 Å². The largest absolute Gasteiger partial charge is 0.394 e. The Bertz CT molecular complexity index is 678. The molecule has 3 atom stereocenters. The summed E-state index contributed by atoms with van der Waals surface area (Å²) in [7, 11) is 0. The normalized spacial score (nSPS) is 32.7. The lowest BCUT2D eigenvalue weighted by molar-refractivity contribution is -0.0885. The summed E-state index contributed by atoms with van der Waals surface area (Å²) in [5, 5.41) is 19.0. The molecule has 7 nitrogen and oxygen atoms in total.